The summed E-state index contributed by atoms with van der Waals surface area (Å²) in [4.78, 5) is 13.9. The lowest BCUT2D eigenvalue weighted by atomic mass is 9.78. The van der Waals surface area contributed by atoms with E-state index in [0.717, 1.165) is 50.8 Å². The van der Waals surface area contributed by atoms with Gasteiger partial charge in [-0.3, -0.25) is 0 Å². The van der Waals surface area contributed by atoms with Gasteiger partial charge in [-0.05, 0) is 100 Å². The highest BCUT2D eigenvalue weighted by atomic mass is 16.4. The first kappa shape index (κ1) is 26.0. The van der Waals surface area contributed by atoms with Gasteiger partial charge in [-0.25, -0.2) is 4.79 Å². The van der Waals surface area contributed by atoms with Crippen molar-refractivity contribution in [3.8, 4) is 0 Å². The Balaban J connectivity index is 1.97. The number of carboxylic acids is 1. The molecule has 0 fully saturated rings. The van der Waals surface area contributed by atoms with E-state index in [1.54, 1.807) is 6.07 Å². The molecule has 1 unspecified atom stereocenters. The Kier molecular flexibility index (Phi) is 8.15. The zero-order chi connectivity index (χ0) is 25.8. The van der Waals surface area contributed by atoms with Crippen LogP contribution in [0.2, 0.25) is 0 Å². The third-order valence-corrected chi connectivity index (χ3v) is 7.47. The van der Waals surface area contributed by atoms with Crippen LogP contribution in [-0.4, -0.2) is 34.6 Å². The number of unbranched alkanes of at least 4 members (excludes halogenated alkanes) is 1. The highest BCUT2D eigenvalue weighted by Crippen LogP contribution is 2.41. The molecule has 190 valence electrons. The minimum absolute atomic E-state index is 0.348. The molecule has 4 nitrogen and oxygen atoms in total. The Morgan fingerprint density at radius 3 is 2.56 bits per heavy atom. The van der Waals surface area contributed by atoms with Crippen molar-refractivity contribution in [1.29, 1.82) is 0 Å². The van der Waals surface area contributed by atoms with Gasteiger partial charge in [0.25, 0.3) is 0 Å². The number of aromatic nitrogens is 1. The van der Waals surface area contributed by atoms with E-state index in [4.69, 9.17) is 0 Å². The molecule has 0 saturated heterocycles. The lowest BCUT2D eigenvalue weighted by molar-refractivity contribution is 0.0696. The molecule has 0 amide bonds. The van der Waals surface area contributed by atoms with E-state index in [9.17, 15) is 9.90 Å². The molecule has 0 saturated carbocycles. The predicted octanol–water partition coefficient (Wildman–Crippen LogP) is 7.80. The van der Waals surface area contributed by atoms with Gasteiger partial charge in [-0.15, -0.1) is 0 Å². The van der Waals surface area contributed by atoms with Crippen molar-refractivity contribution < 1.29 is 9.90 Å². The number of nitrogens with zero attached hydrogens (tertiary/aromatic N) is 2. The second-order valence-corrected chi connectivity index (χ2v) is 10.5. The maximum atomic E-state index is 11.6. The molecule has 1 heterocycles. The third-order valence-electron chi connectivity index (χ3n) is 7.47. The van der Waals surface area contributed by atoms with Gasteiger partial charge in [0.15, 0.2) is 0 Å². The van der Waals surface area contributed by atoms with Crippen molar-refractivity contribution in [3.05, 3.63) is 82.6 Å². The van der Waals surface area contributed by atoms with E-state index in [2.05, 4.69) is 73.8 Å². The van der Waals surface area contributed by atoms with Gasteiger partial charge < -0.3 is 14.6 Å². The van der Waals surface area contributed by atoms with Crippen LogP contribution in [-0.2, 0) is 13.1 Å². The topological polar surface area (TPSA) is 45.5 Å². The quantitative estimate of drug-likeness (QED) is 0.249. The zero-order valence-corrected chi connectivity index (χ0v) is 22.5. The minimum atomic E-state index is -0.876. The van der Waals surface area contributed by atoms with E-state index < -0.39 is 5.97 Å². The van der Waals surface area contributed by atoms with E-state index >= 15 is 0 Å². The summed E-state index contributed by atoms with van der Waals surface area (Å²) >= 11 is 0. The van der Waals surface area contributed by atoms with Crippen LogP contribution in [0.1, 0.15) is 78.7 Å². The lowest BCUT2D eigenvalue weighted by Gasteiger charge is -2.26. The molecule has 2 aromatic carbocycles. The molecule has 0 radical (unpaired) electrons. The SMILES string of the molecule is CCCCn1c(CN(C)C)cc2cccc(/C(C)=C(/c3ccc(C(=O)O)cc3C)C3CC=CCC3)c21. The minimum Gasteiger partial charge on any atom is -0.478 e. The predicted molar refractivity (Wildman–Crippen MR) is 151 cm³/mol. The number of carboxylic acid groups (broad SMARTS) is 1. The fourth-order valence-corrected chi connectivity index (χ4v) is 5.74. The molecule has 36 heavy (non-hydrogen) atoms. The van der Waals surface area contributed by atoms with E-state index in [1.165, 1.54) is 38.9 Å². The Morgan fingerprint density at radius 1 is 1.11 bits per heavy atom. The van der Waals surface area contributed by atoms with Crippen molar-refractivity contribution >= 4 is 28.0 Å². The van der Waals surface area contributed by atoms with E-state index in [1.807, 2.05) is 19.1 Å². The van der Waals surface area contributed by atoms with Crippen molar-refractivity contribution in [2.24, 2.45) is 5.92 Å². The van der Waals surface area contributed by atoms with Crippen molar-refractivity contribution in [3.63, 3.8) is 0 Å². The van der Waals surface area contributed by atoms with Crippen LogP contribution in [0, 0.1) is 12.8 Å². The summed E-state index contributed by atoms with van der Waals surface area (Å²) in [5.74, 6) is -0.459. The van der Waals surface area contributed by atoms with Crippen LogP contribution in [0.15, 0.2) is 54.6 Å². The molecule has 1 aliphatic carbocycles. The first-order valence-corrected chi connectivity index (χ1v) is 13.3. The van der Waals surface area contributed by atoms with Gasteiger partial charge >= 0.3 is 5.97 Å². The molecule has 0 aliphatic heterocycles. The highest BCUT2D eigenvalue weighted by molar-refractivity contribution is 6.01. The van der Waals surface area contributed by atoms with Crippen LogP contribution in [0.25, 0.3) is 22.0 Å². The molecule has 3 aromatic rings. The summed E-state index contributed by atoms with van der Waals surface area (Å²) in [7, 11) is 4.26. The normalized spacial score (nSPS) is 16.6. The van der Waals surface area contributed by atoms with Gasteiger partial charge in [-0.1, -0.05) is 49.8 Å². The average molecular weight is 485 g/mol. The van der Waals surface area contributed by atoms with Gasteiger partial charge in [0.1, 0.15) is 0 Å². The molecular weight excluding hydrogens is 444 g/mol. The number of aromatic carboxylic acids is 1. The number of fused-ring (bicyclic) bond motifs is 1. The van der Waals surface area contributed by atoms with Gasteiger partial charge in [-0.2, -0.15) is 0 Å². The molecule has 0 spiro atoms. The number of hydrogen-bond donors (Lipinski definition) is 1. The molecule has 4 rings (SSSR count). The molecular formula is C32H40N2O2. The largest absolute Gasteiger partial charge is 0.478 e. The Bertz CT molecular complexity index is 1310. The maximum absolute atomic E-state index is 11.6. The van der Waals surface area contributed by atoms with Crippen molar-refractivity contribution in [1.82, 2.24) is 9.47 Å². The van der Waals surface area contributed by atoms with E-state index in [-0.39, 0.29) is 0 Å². The summed E-state index contributed by atoms with van der Waals surface area (Å²) in [6.45, 7) is 8.50. The molecule has 1 N–H and O–H groups in total. The number of allylic oxidation sites excluding steroid dienone is 4. The van der Waals surface area contributed by atoms with Crippen LogP contribution in [0.4, 0.5) is 0 Å². The summed E-state index contributed by atoms with van der Waals surface area (Å²) in [5, 5.41) is 10.8. The van der Waals surface area contributed by atoms with Crippen LogP contribution >= 0.6 is 0 Å². The molecule has 1 aromatic heterocycles. The Hall–Kier alpha value is -3.11. The summed E-state index contributed by atoms with van der Waals surface area (Å²) in [6, 6.07) is 14.7. The van der Waals surface area contributed by atoms with Gasteiger partial charge in [0.05, 0.1) is 11.1 Å². The molecule has 4 heteroatoms. The zero-order valence-electron chi connectivity index (χ0n) is 22.5. The second-order valence-electron chi connectivity index (χ2n) is 10.5. The summed E-state index contributed by atoms with van der Waals surface area (Å²) in [5.41, 5.74) is 9.19. The third kappa shape index (κ3) is 5.34. The summed E-state index contributed by atoms with van der Waals surface area (Å²) in [6.07, 6.45) is 10.1. The highest BCUT2D eigenvalue weighted by Gasteiger charge is 2.24. The lowest BCUT2D eigenvalue weighted by Crippen LogP contribution is -2.15. The first-order chi connectivity index (χ1) is 17.3. The number of rotatable bonds is 9. The maximum Gasteiger partial charge on any atom is 0.335 e. The van der Waals surface area contributed by atoms with Gasteiger partial charge in [0.2, 0.25) is 0 Å². The van der Waals surface area contributed by atoms with Crippen LogP contribution in [0.3, 0.4) is 0 Å². The number of carbonyl (C=O) groups is 1. The summed E-state index contributed by atoms with van der Waals surface area (Å²) < 4.78 is 2.54. The fourth-order valence-electron chi connectivity index (χ4n) is 5.74. The first-order valence-electron chi connectivity index (χ1n) is 13.3. The fraction of sp³-hybridized carbons (Fsp3) is 0.406. The van der Waals surface area contributed by atoms with E-state index in [0.29, 0.717) is 11.5 Å². The standard InChI is InChI=1S/C32H40N2O2/c1-6-7-18-34-27(21-33(4)5)20-25-14-11-15-29(31(25)34)23(3)30(24-12-9-8-10-13-24)28-17-16-26(32(35)36)19-22(28)2/h8-9,11,14-17,19-20,24H,6-7,10,12-13,18,21H2,1-5H3,(H,35,36)/b30-23+. The Morgan fingerprint density at radius 2 is 1.92 bits per heavy atom. The number of hydrogen-bond acceptors (Lipinski definition) is 2. The number of para-hydroxylation sites is 1. The molecule has 1 aliphatic rings. The van der Waals surface area contributed by atoms with Crippen molar-refractivity contribution in [2.45, 2.75) is 66.0 Å². The van der Waals surface area contributed by atoms with Gasteiger partial charge in [0, 0.05) is 29.7 Å². The monoisotopic (exact) mass is 484 g/mol. The molecule has 0 bridgehead atoms. The van der Waals surface area contributed by atoms with Crippen LogP contribution in [0.5, 0.6) is 0 Å². The molecule has 1 atom stereocenters. The number of aryl methyl sites for hydroxylation is 2. The number of benzene rings is 2. The van der Waals surface area contributed by atoms with Crippen LogP contribution < -0.4 is 0 Å². The second kappa shape index (κ2) is 11.3. The smallest absolute Gasteiger partial charge is 0.335 e. The average Bonchev–Trinajstić information content (AvgIpc) is 3.20. The van der Waals surface area contributed by atoms with Crippen molar-refractivity contribution in [2.75, 3.05) is 14.1 Å². The Labute approximate surface area is 215 Å².